The highest BCUT2D eigenvalue weighted by molar-refractivity contribution is 6.27. The topological polar surface area (TPSA) is 58.2 Å². The molecule has 5 heteroatoms. The van der Waals surface area contributed by atoms with E-state index in [0.29, 0.717) is 18.9 Å². The molecule has 1 atom stereocenters. The van der Waals surface area contributed by atoms with Crippen LogP contribution in [0.1, 0.15) is 68.4 Å². The molecule has 0 spiro atoms. The van der Waals surface area contributed by atoms with Crippen molar-refractivity contribution < 1.29 is 9.59 Å². The van der Waals surface area contributed by atoms with E-state index in [2.05, 4.69) is 34.9 Å². The number of benzene rings is 1. The molecule has 1 aromatic carbocycles. The number of halogens is 1. The second kappa shape index (κ2) is 8.90. The van der Waals surface area contributed by atoms with Crippen molar-refractivity contribution in [1.29, 1.82) is 0 Å². The minimum absolute atomic E-state index is 0.0366. The molecule has 2 amide bonds. The van der Waals surface area contributed by atoms with Crippen LogP contribution in [0.4, 0.5) is 0 Å². The zero-order valence-corrected chi connectivity index (χ0v) is 16.1. The summed E-state index contributed by atoms with van der Waals surface area (Å²) in [6.45, 7) is 0.483. The Kier molecular flexibility index (Phi) is 6.58. The van der Waals surface area contributed by atoms with Crippen LogP contribution in [0.2, 0.25) is 0 Å². The fourth-order valence-electron chi connectivity index (χ4n) is 4.50. The SMILES string of the molecule is O=C(CCl)NCC1(NC(=O)CCC2CCc3ccccc32)CCCCC1. The number of fused-ring (bicyclic) bond motifs is 1. The van der Waals surface area contributed by atoms with Crippen LogP contribution in [-0.2, 0) is 16.0 Å². The molecule has 0 heterocycles. The molecule has 2 aliphatic rings. The lowest BCUT2D eigenvalue weighted by atomic mass is 9.81. The predicted molar refractivity (Wildman–Crippen MR) is 104 cm³/mol. The third kappa shape index (κ3) is 4.79. The summed E-state index contributed by atoms with van der Waals surface area (Å²) in [5.74, 6) is 0.394. The molecule has 0 aromatic heterocycles. The van der Waals surface area contributed by atoms with Gasteiger partial charge in [0.25, 0.3) is 0 Å². The van der Waals surface area contributed by atoms with E-state index in [9.17, 15) is 9.59 Å². The fourth-order valence-corrected chi connectivity index (χ4v) is 4.59. The van der Waals surface area contributed by atoms with Gasteiger partial charge in [-0.3, -0.25) is 9.59 Å². The summed E-state index contributed by atoms with van der Waals surface area (Å²) in [5, 5.41) is 6.14. The molecule has 142 valence electrons. The van der Waals surface area contributed by atoms with Crippen molar-refractivity contribution in [1.82, 2.24) is 10.6 Å². The zero-order chi connectivity index (χ0) is 18.4. The maximum Gasteiger partial charge on any atom is 0.235 e. The zero-order valence-electron chi connectivity index (χ0n) is 15.4. The average Bonchev–Trinajstić information content (AvgIpc) is 3.08. The van der Waals surface area contributed by atoms with E-state index in [1.165, 1.54) is 17.5 Å². The van der Waals surface area contributed by atoms with Crippen LogP contribution in [0.5, 0.6) is 0 Å². The average molecular weight is 377 g/mol. The summed E-state index contributed by atoms with van der Waals surface area (Å²) in [6.07, 6.45) is 8.93. The van der Waals surface area contributed by atoms with Crippen LogP contribution in [-0.4, -0.2) is 29.8 Å². The first kappa shape index (κ1) is 19.2. The number of alkyl halides is 1. The van der Waals surface area contributed by atoms with Crippen molar-refractivity contribution >= 4 is 23.4 Å². The van der Waals surface area contributed by atoms with Crippen LogP contribution in [0.15, 0.2) is 24.3 Å². The molecular weight excluding hydrogens is 348 g/mol. The third-order valence-electron chi connectivity index (χ3n) is 5.94. The molecule has 4 nitrogen and oxygen atoms in total. The molecule has 2 N–H and O–H groups in total. The Bertz CT molecular complexity index is 641. The van der Waals surface area contributed by atoms with E-state index in [4.69, 9.17) is 11.6 Å². The molecule has 1 aromatic rings. The number of nitrogens with one attached hydrogen (secondary N) is 2. The smallest absolute Gasteiger partial charge is 0.235 e. The molecule has 0 bridgehead atoms. The van der Waals surface area contributed by atoms with Gasteiger partial charge in [-0.15, -0.1) is 11.6 Å². The van der Waals surface area contributed by atoms with E-state index in [1.54, 1.807) is 0 Å². The first-order valence-electron chi connectivity index (χ1n) is 9.83. The Morgan fingerprint density at radius 1 is 1.12 bits per heavy atom. The first-order valence-corrected chi connectivity index (χ1v) is 10.4. The Balaban J connectivity index is 1.54. The Labute approximate surface area is 161 Å². The number of hydrogen-bond donors (Lipinski definition) is 2. The van der Waals surface area contributed by atoms with Crippen LogP contribution in [0.25, 0.3) is 0 Å². The van der Waals surface area contributed by atoms with Crippen LogP contribution in [0, 0.1) is 0 Å². The summed E-state index contributed by atoms with van der Waals surface area (Å²) < 4.78 is 0. The van der Waals surface area contributed by atoms with E-state index in [1.807, 2.05) is 0 Å². The number of amides is 2. The maximum absolute atomic E-state index is 12.6. The van der Waals surface area contributed by atoms with Crippen molar-refractivity contribution in [3.8, 4) is 0 Å². The van der Waals surface area contributed by atoms with E-state index in [-0.39, 0.29) is 23.2 Å². The molecule has 0 saturated heterocycles. The summed E-state index contributed by atoms with van der Waals surface area (Å²) >= 11 is 5.59. The minimum Gasteiger partial charge on any atom is -0.353 e. The highest BCUT2D eigenvalue weighted by atomic mass is 35.5. The molecule has 1 saturated carbocycles. The number of carbonyl (C=O) groups excluding carboxylic acids is 2. The second-order valence-electron chi connectivity index (χ2n) is 7.77. The Morgan fingerprint density at radius 3 is 2.65 bits per heavy atom. The van der Waals surface area contributed by atoms with Gasteiger partial charge in [0, 0.05) is 13.0 Å². The van der Waals surface area contributed by atoms with E-state index >= 15 is 0 Å². The van der Waals surface area contributed by atoms with Crippen molar-refractivity contribution in [2.24, 2.45) is 0 Å². The van der Waals surface area contributed by atoms with Gasteiger partial charge in [-0.05, 0) is 49.1 Å². The second-order valence-corrected chi connectivity index (χ2v) is 8.04. The lowest BCUT2D eigenvalue weighted by Crippen LogP contribution is -2.56. The van der Waals surface area contributed by atoms with Gasteiger partial charge in [0.1, 0.15) is 5.88 Å². The predicted octanol–water partition coefficient (Wildman–Crippen LogP) is 3.67. The maximum atomic E-state index is 12.6. The van der Waals surface area contributed by atoms with Gasteiger partial charge in [0.05, 0.1) is 5.54 Å². The highest BCUT2D eigenvalue weighted by Crippen LogP contribution is 2.36. The highest BCUT2D eigenvalue weighted by Gasteiger charge is 2.34. The lowest BCUT2D eigenvalue weighted by molar-refractivity contribution is -0.125. The summed E-state index contributed by atoms with van der Waals surface area (Å²) in [4.78, 5) is 24.2. The summed E-state index contributed by atoms with van der Waals surface area (Å²) in [7, 11) is 0. The standard InChI is InChI=1S/C21H29ClN2O2/c22-14-20(26)23-15-21(12-4-1-5-13-21)24-19(25)11-10-17-9-8-16-6-2-3-7-18(16)17/h2-3,6-7,17H,1,4-5,8-15H2,(H,23,26)(H,24,25). The molecule has 1 fully saturated rings. The largest absolute Gasteiger partial charge is 0.353 e. The summed E-state index contributed by atoms with van der Waals surface area (Å²) in [6, 6.07) is 8.59. The minimum atomic E-state index is -0.301. The molecule has 26 heavy (non-hydrogen) atoms. The van der Waals surface area contributed by atoms with Crippen molar-refractivity contribution in [2.45, 2.75) is 69.2 Å². The number of carbonyl (C=O) groups is 2. The molecule has 0 radical (unpaired) electrons. The number of aryl methyl sites for hydroxylation is 1. The van der Waals surface area contributed by atoms with Gasteiger partial charge in [-0.2, -0.15) is 0 Å². The Hall–Kier alpha value is -1.55. The van der Waals surface area contributed by atoms with Crippen molar-refractivity contribution in [2.75, 3.05) is 12.4 Å². The monoisotopic (exact) mass is 376 g/mol. The number of hydrogen-bond acceptors (Lipinski definition) is 2. The molecule has 1 unspecified atom stereocenters. The van der Waals surface area contributed by atoms with Gasteiger partial charge in [0.15, 0.2) is 0 Å². The summed E-state index contributed by atoms with van der Waals surface area (Å²) in [5.41, 5.74) is 2.55. The normalized spacial score (nSPS) is 21.0. The van der Waals surface area contributed by atoms with Crippen LogP contribution >= 0.6 is 11.6 Å². The van der Waals surface area contributed by atoms with Gasteiger partial charge in [0.2, 0.25) is 11.8 Å². The molecule has 2 aliphatic carbocycles. The van der Waals surface area contributed by atoms with Crippen molar-refractivity contribution in [3.63, 3.8) is 0 Å². The van der Waals surface area contributed by atoms with E-state index in [0.717, 1.165) is 44.9 Å². The van der Waals surface area contributed by atoms with Gasteiger partial charge in [-0.25, -0.2) is 0 Å². The lowest BCUT2D eigenvalue weighted by Gasteiger charge is -2.38. The third-order valence-corrected chi connectivity index (χ3v) is 6.18. The van der Waals surface area contributed by atoms with Crippen molar-refractivity contribution in [3.05, 3.63) is 35.4 Å². The van der Waals surface area contributed by atoms with Crippen LogP contribution in [0.3, 0.4) is 0 Å². The molecule has 3 rings (SSSR count). The number of rotatable bonds is 7. The quantitative estimate of drug-likeness (QED) is 0.713. The van der Waals surface area contributed by atoms with Gasteiger partial charge in [-0.1, -0.05) is 43.5 Å². The molecule has 0 aliphatic heterocycles. The molecular formula is C21H29ClN2O2. The van der Waals surface area contributed by atoms with Crippen LogP contribution < -0.4 is 10.6 Å². The van der Waals surface area contributed by atoms with Gasteiger partial charge < -0.3 is 10.6 Å². The Morgan fingerprint density at radius 2 is 1.88 bits per heavy atom. The fraction of sp³-hybridized carbons (Fsp3) is 0.619. The van der Waals surface area contributed by atoms with Gasteiger partial charge >= 0.3 is 0 Å². The first-order chi connectivity index (χ1) is 12.6. The van der Waals surface area contributed by atoms with E-state index < -0.39 is 0 Å².